The minimum atomic E-state index is -2.61. The van der Waals surface area contributed by atoms with Gasteiger partial charge in [0.05, 0.1) is 29.4 Å². The van der Waals surface area contributed by atoms with Crippen LogP contribution < -0.4 is 10.2 Å². The molecule has 1 spiro atoms. The number of aromatic amines is 1. The fourth-order valence-electron chi connectivity index (χ4n) is 11.5. The fourth-order valence-corrected chi connectivity index (χ4v) is 11.5. The van der Waals surface area contributed by atoms with Crippen molar-refractivity contribution in [3.05, 3.63) is 93.2 Å². The molecule has 12 nitrogen and oxygen atoms in total. The maximum atomic E-state index is 16.3. The Morgan fingerprint density at radius 3 is 2.18 bits per heavy atom. The number of piperidine rings is 3. The number of halogens is 4. The summed E-state index contributed by atoms with van der Waals surface area (Å²) in [6.07, 6.45) is 2.49. The third kappa shape index (κ3) is 6.85. The lowest BCUT2D eigenvalue weighted by atomic mass is 9.65. The molecule has 4 atom stereocenters. The first-order valence-corrected chi connectivity index (χ1v) is 21.6. The summed E-state index contributed by atoms with van der Waals surface area (Å²) in [4.78, 5) is 71.2. The molecule has 324 valence electrons. The molecule has 0 radical (unpaired) electrons. The van der Waals surface area contributed by atoms with Crippen LogP contribution in [0.5, 0.6) is 0 Å². The summed E-state index contributed by atoms with van der Waals surface area (Å²) < 4.78 is 60.6. The molecule has 1 aliphatic carbocycles. The lowest BCUT2D eigenvalue weighted by molar-refractivity contribution is -0.137. The number of aromatic nitrogens is 2. The van der Waals surface area contributed by atoms with Crippen LogP contribution in [0.2, 0.25) is 0 Å². The third-order valence-electron chi connectivity index (χ3n) is 14.9. The molecule has 0 bridgehead atoms. The molecule has 5 amide bonds. The second-order valence-corrected chi connectivity index (χ2v) is 18.4. The van der Waals surface area contributed by atoms with E-state index in [0.717, 1.165) is 58.2 Å². The summed E-state index contributed by atoms with van der Waals surface area (Å²) in [5.41, 5.74) is 4.77. The molecule has 6 aliphatic rings. The number of anilines is 1. The van der Waals surface area contributed by atoms with E-state index in [2.05, 4.69) is 15.5 Å². The molecule has 16 heteroatoms. The Bertz CT molecular complexity index is 2480. The summed E-state index contributed by atoms with van der Waals surface area (Å²) in [5.74, 6) is -5.41. The number of carbonyl (C=O) groups is 5. The van der Waals surface area contributed by atoms with Crippen LogP contribution in [-0.2, 0) is 33.9 Å². The Kier molecular flexibility index (Phi) is 9.99. The van der Waals surface area contributed by atoms with E-state index < -0.39 is 66.0 Å². The first-order valence-electron chi connectivity index (χ1n) is 21.6. The normalized spacial score (nSPS) is 24.9. The van der Waals surface area contributed by atoms with Gasteiger partial charge in [-0.3, -0.25) is 44.2 Å². The molecule has 4 aromatic rings. The van der Waals surface area contributed by atoms with E-state index >= 15 is 8.78 Å². The zero-order valence-electron chi connectivity index (χ0n) is 34.3. The molecule has 1 aromatic heterocycles. The van der Waals surface area contributed by atoms with Gasteiger partial charge in [0.1, 0.15) is 17.7 Å². The number of imide groups is 2. The van der Waals surface area contributed by atoms with E-state index in [1.54, 1.807) is 30.5 Å². The lowest BCUT2D eigenvalue weighted by Crippen LogP contribution is -2.54. The number of alkyl halides is 2. The number of hydrogen-bond donors (Lipinski definition) is 2. The SMILES string of the molecule is C[C@@H]1Cc2c(ccc3[nH]ncc23)[C@@H](c2c(F)cc(N3CCC4(CCN(C(=O)CN5Cc6cc7c(cc6C5)C(=O)N(C5CCC(=O)NC5=O)C7=O)CC4)CC3)cc2F)C1CC(F)F. The second-order valence-electron chi connectivity index (χ2n) is 18.4. The van der Waals surface area contributed by atoms with Crippen molar-refractivity contribution in [2.45, 2.75) is 89.8 Å². The highest BCUT2D eigenvalue weighted by Gasteiger charge is 2.46. The predicted octanol–water partition coefficient (Wildman–Crippen LogP) is 6.06. The minimum absolute atomic E-state index is 0.000171. The van der Waals surface area contributed by atoms with Crippen molar-refractivity contribution < 1.29 is 41.5 Å². The molecule has 6 heterocycles. The number of rotatable bonds is 7. The molecule has 2 N–H and O–H groups in total. The Labute approximate surface area is 355 Å². The van der Waals surface area contributed by atoms with Gasteiger partial charge >= 0.3 is 0 Å². The summed E-state index contributed by atoms with van der Waals surface area (Å²) in [5, 5.41) is 10.1. The largest absolute Gasteiger partial charge is 0.371 e. The van der Waals surface area contributed by atoms with E-state index in [9.17, 15) is 32.8 Å². The van der Waals surface area contributed by atoms with E-state index in [0.29, 0.717) is 56.9 Å². The number of carbonyl (C=O) groups excluding carboxylic acids is 5. The van der Waals surface area contributed by atoms with Crippen LogP contribution >= 0.6 is 0 Å². The topological polar surface area (TPSA) is 139 Å². The van der Waals surface area contributed by atoms with Crippen molar-refractivity contribution in [2.24, 2.45) is 17.3 Å². The Morgan fingerprint density at radius 2 is 1.55 bits per heavy atom. The van der Waals surface area contributed by atoms with Crippen molar-refractivity contribution in [3.63, 3.8) is 0 Å². The van der Waals surface area contributed by atoms with Crippen molar-refractivity contribution >= 4 is 46.1 Å². The van der Waals surface area contributed by atoms with Crippen LogP contribution in [0.4, 0.5) is 23.2 Å². The fraction of sp³-hybridized carbons (Fsp3) is 0.478. The van der Waals surface area contributed by atoms with Crippen LogP contribution in [0, 0.1) is 28.9 Å². The van der Waals surface area contributed by atoms with Crippen LogP contribution in [0.15, 0.2) is 42.6 Å². The molecule has 3 aromatic carbocycles. The summed E-state index contributed by atoms with van der Waals surface area (Å²) >= 11 is 0. The Balaban J connectivity index is 0.758. The van der Waals surface area contributed by atoms with Crippen LogP contribution in [-0.4, -0.2) is 99.6 Å². The minimum Gasteiger partial charge on any atom is -0.371 e. The molecular formula is C46H47F4N7O5. The van der Waals surface area contributed by atoms with E-state index in [4.69, 9.17) is 0 Å². The van der Waals surface area contributed by atoms with Crippen molar-refractivity contribution in [3.8, 4) is 0 Å². The smallest absolute Gasteiger partial charge is 0.262 e. The number of amides is 5. The number of benzene rings is 3. The molecule has 5 aliphatic heterocycles. The Hall–Kier alpha value is -5.64. The van der Waals surface area contributed by atoms with Gasteiger partial charge in [0, 0.05) is 74.7 Å². The highest BCUT2D eigenvalue weighted by atomic mass is 19.3. The first kappa shape index (κ1) is 40.4. The summed E-state index contributed by atoms with van der Waals surface area (Å²) in [7, 11) is 0. The highest BCUT2D eigenvalue weighted by molar-refractivity contribution is 6.23. The molecule has 10 rings (SSSR count). The highest BCUT2D eigenvalue weighted by Crippen LogP contribution is 2.50. The molecule has 3 fully saturated rings. The maximum Gasteiger partial charge on any atom is 0.262 e. The second kappa shape index (κ2) is 15.3. The van der Waals surface area contributed by atoms with Crippen LogP contribution in [0.3, 0.4) is 0 Å². The molecule has 62 heavy (non-hydrogen) atoms. The van der Waals surface area contributed by atoms with E-state index in [1.165, 1.54) is 12.1 Å². The Morgan fingerprint density at radius 1 is 0.903 bits per heavy atom. The van der Waals surface area contributed by atoms with Gasteiger partial charge in [-0.1, -0.05) is 13.0 Å². The maximum absolute atomic E-state index is 16.3. The molecule has 3 saturated heterocycles. The number of likely N-dealkylation sites (tertiary alicyclic amines) is 1. The van der Waals surface area contributed by atoms with Gasteiger partial charge in [0.25, 0.3) is 11.8 Å². The summed E-state index contributed by atoms with van der Waals surface area (Å²) in [6, 6.07) is 8.68. The van der Waals surface area contributed by atoms with Gasteiger partial charge in [-0.2, -0.15) is 5.10 Å². The van der Waals surface area contributed by atoms with Crippen LogP contribution in [0.25, 0.3) is 10.9 Å². The van der Waals surface area contributed by atoms with Gasteiger partial charge in [0.2, 0.25) is 24.1 Å². The van der Waals surface area contributed by atoms with Gasteiger partial charge < -0.3 is 9.80 Å². The van der Waals surface area contributed by atoms with E-state index in [1.807, 2.05) is 21.6 Å². The van der Waals surface area contributed by atoms with Gasteiger partial charge in [-0.25, -0.2) is 17.6 Å². The zero-order valence-corrected chi connectivity index (χ0v) is 34.3. The standard InChI is InChI=1S/C46H47F4N7O5/c1-24-14-30-28(2-3-36-33(30)20-51-53-36)41(29(24)19-38(49)50)42-34(47)17-27(18-35(42)48)55-10-6-46(7-11-55)8-12-56(13-9-46)40(59)23-54-21-25-15-31-32(16-26(25)22-54)45(62)57(44(31)61)37-4-5-39(58)52-43(37)60/h2-3,15-18,20,24,29,37-38,41H,4-14,19,21-23H2,1H3,(H,51,53)(H,52,58,60)/t24-,29?,37?,41-/m1/s1. The van der Waals surface area contributed by atoms with Gasteiger partial charge in [0.15, 0.2) is 0 Å². The number of hydrogen-bond acceptors (Lipinski definition) is 8. The monoisotopic (exact) mass is 853 g/mol. The predicted molar refractivity (Wildman–Crippen MR) is 218 cm³/mol. The van der Waals surface area contributed by atoms with Crippen molar-refractivity contribution in [1.29, 1.82) is 0 Å². The van der Waals surface area contributed by atoms with Crippen molar-refractivity contribution in [1.82, 2.24) is 30.2 Å². The molecular weight excluding hydrogens is 807 g/mol. The number of H-pyrrole nitrogens is 1. The van der Waals surface area contributed by atoms with E-state index in [-0.39, 0.29) is 53.3 Å². The number of nitrogens with one attached hydrogen (secondary N) is 2. The zero-order chi connectivity index (χ0) is 43.2. The number of fused-ring (bicyclic) bond motifs is 5. The number of nitrogens with zero attached hydrogens (tertiary/aromatic N) is 5. The third-order valence-corrected chi connectivity index (χ3v) is 14.9. The average molecular weight is 854 g/mol. The first-order chi connectivity index (χ1) is 29.8. The average Bonchev–Trinajstić information content (AvgIpc) is 3.94. The van der Waals surface area contributed by atoms with Crippen LogP contribution in [0.1, 0.15) is 106 Å². The quantitative estimate of drug-likeness (QED) is 0.169. The van der Waals surface area contributed by atoms with Gasteiger partial charge in [-0.15, -0.1) is 0 Å². The molecule has 0 saturated carbocycles. The van der Waals surface area contributed by atoms with Gasteiger partial charge in [-0.05, 0) is 108 Å². The van der Waals surface area contributed by atoms with Crippen molar-refractivity contribution in [2.75, 3.05) is 37.6 Å². The lowest BCUT2D eigenvalue weighted by Gasteiger charge is -2.47. The molecule has 2 unspecified atom stereocenters. The summed E-state index contributed by atoms with van der Waals surface area (Å²) in [6.45, 7) is 5.30.